The van der Waals surface area contributed by atoms with Crippen LogP contribution in [0.1, 0.15) is 32.6 Å². The van der Waals surface area contributed by atoms with Crippen molar-refractivity contribution >= 4 is 0 Å². The van der Waals surface area contributed by atoms with Gasteiger partial charge < -0.3 is 0 Å². The predicted molar refractivity (Wildman–Crippen MR) is 47.2 cm³/mol. The maximum absolute atomic E-state index is 2.29. The Morgan fingerprint density at radius 3 is 2.45 bits per heavy atom. The Hall–Kier alpha value is 0.363. The molecule has 0 saturated heterocycles. The second-order valence-corrected chi connectivity index (χ2v) is 3.53. The number of rotatable bonds is 6. The Labute approximate surface area is 85.6 Å². The van der Waals surface area contributed by atoms with Crippen molar-refractivity contribution in [3.8, 4) is 0 Å². The van der Waals surface area contributed by atoms with Crippen LogP contribution in [-0.4, -0.2) is 0 Å². The Balaban J connectivity index is 3.09. The van der Waals surface area contributed by atoms with Gasteiger partial charge in [0.25, 0.3) is 0 Å². The molecule has 11 heavy (non-hydrogen) atoms. The third-order valence-electron chi connectivity index (χ3n) is 1.45. The van der Waals surface area contributed by atoms with Crippen molar-refractivity contribution in [2.75, 3.05) is 0 Å². The van der Waals surface area contributed by atoms with Crippen LogP contribution in [-0.2, 0) is 24.7 Å². The summed E-state index contributed by atoms with van der Waals surface area (Å²) >= 11 is 1.60. The van der Waals surface area contributed by atoms with E-state index >= 15 is 0 Å². The molecule has 0 N–H and O–H groups in total. The van der Waals surface area contributed by atoms with E-state index in [0.717, 1.165) is 6.42 Å². The second kappa shape index (κ2) is 10.4. The van der Waals surface area contributed by atoms with Crippen LogP contribution in [0.4, 0.5) is 0 Å². The summed E-state index contributed by atoms with van der Waals surface area (Å²) in [4.78, 5) is 0. The number of hydrogen-bond acceptors (Lipinski definition) is 0. The van der Waals surface area contributed by atoms with Gasteiger partial charge in [-0.05, 0) is 0 Å². The molecule has 0 unspecified atom stereocenters. The fourth-order valence-electron chi connectivity index (χ4n) is 0.794. The summed E-state index contributed by atoms with van der Waals surface area (Å²) < 4.78 is 1.25. The SMILES string of the molecule is CCCCC=CCC=C[CH2][Zr]. The van der Waals surface area contributed by atoms with Gasteiger partial charge in [0.05, 0.1) is 0 Å². The molecular weight excluding hydrogens is 211 g/mol. The van der Waals surface area contributed by atoms with Gasteiger partial charge in [-0.2, -0.15) is 0 Å². The monoisotopic (exact) mass is 227 g/mol. The van der Waals surface area contributed by atoms with E-state index in [1.165, 1.54) is 23.4 Å². The van der Waals surface area contributed by atoms with Crippen LogP contribution in [0, 0.1) is 0 Å². The first-order chi connectivity index (χ1) is 5.41. The van der Waals surface area contributed by atoms with Crippen LogP contribution in [0.3, 0.4) is 0 Å². The molecule has 0 radical (unpaired) electrons. The molecule has 0 nitrogen and oxygen atoms in total. The average molecular weight is 228 g/mol. The van der Waals surface area contributed by atoms with Crippen LogP contribution in [0.5, 0.6) is 0 Å². The van der Waals surface area contributed by atoms with Gasteiger partial charge in [0, 0.05) is 0 Å². The summed E-state index contributed by atoms with van der Waals surface area (Å²) in [7, 11) is 0. The van der Waals surface area contributed by atoms with E-state index < -0.39 is 0 Å². The standard InChI is InChI=1S/C10H17.Zr/c1-3-5-7-9-10-8-6-4-2;/h3,5,9-10H,1,4,6-8H2,2H3;. The van der Waals surface area contributed by atoms with Gasteiger partial charge in [0.1, 0.15) is 0 Å². The van der Waals surface area contributed by atoms with E-state index in [0.29, 0.717) is 0 Å². The van der Waals surface area contributed by atoms with E-state index in [4.69, 9.17) is 0 Å². The molecular formula is C10H17Zr. The molecule has 0 saturated carbocycles. The molecule has 1 heteroatoms. The van der Waals surface area contributed by atoms with E-state index in [1.807, 2.05) is 0 Å². The summed E-state index contributed by atoms with van der Waals surface area (Å²) in [6.45, 7) is 2.23. The molecule has 0 fully saturated rings. The van der Waals surface area contributed by atoms with Gasteiger partial charge in [-0.1, -0.05) is 0 Å². The van der Waals surface area contributed by atoms with Crippen LogP contribution in [0.25, 0.3) is 0 Å². The second-order valence-electron chi connectivity index (χ2n) is 2.52. The molecule has 0 amide bonds. The van der Waals surface area contributed by atoms with Crippen molar-refractivity contribution < 1.29 is 24.7 Å². The van der Waals surface area contributed by atoms with Gasteiger partial charge in [0.15, 0.2) is 0 Å². The van der Waals surface area contributed by atoms with Gasteiger partial charge in [-0.3, -0.25) is 0 Å². The van der Waals surface area contributed by atoms with Crippen molar-refractivity contribution in [3.63, 3.8) is 0 Å². The fourth-order valence-corrected chi connectivity index (χ4v) is 1.20. The van der Waals surface area contributed by atoms with Crippen molar-refractivity contribution in [3.05, 3.63) is 24.3 Å². The normalized spacial score (nSPS) is 11.6. The molecule has 0 aromatic carbocycles. The molecule has 0 aromatic heterocycles. The van der Waals surface area contributed by atoms with Crippen LogP contribution < -0.4 is 0 Å². The first kappa shape index (κ1) is 11.4. The minimum atomic E-state index is 1.12. The third-order valence-corrected chi connectivity index (χ3v) is 2.03. The molecule has 0 aliphatic heterocycles. The van der Waals surface area contributed by atoms with Crippen LogP contribution in [0.2, 0.25) is 4.13 Å². The molecule has 0 aliphatic carbocycles. The molecule has 0 rings (SSSR count). The van der Waals surface area contributed by atoms with Gasteiger partial charge in [-0.25, -0.2) is 0 Å². The van der Waals surface area contributed by atoms with E-state index in [1.54, 1.807) is 24.7 Å². The first-order valence-corrected chi connectivity index (χ1v) is 6.10. The number of allylic oxidation sites excluding steroid dienone is 4. The molecule has 61 valence electrons. The summed E-state index contributed by atoms with van der Waals surface area (Å²) in [5, 5.41) is 0. The minimum absolute atomic E-state index is 1.12. The molecule has 0 atom stereocenters. The predicted octanol–water partition coefficient (Wildman–Crippen LogP) is 3.64. The zero-order valence-corrected chi connectivity index (χ0v) is 9.80. The van der Waals surface area contributed by atoms with Crippen molar-refractivity contribution in [2.24, 2.45) is 0 Å². The van der Waals surface area contributed by atoms with E-state index in [9.17, 15) is 0 Å². The first-order valence-electron chi connectivity index (χ1n) is 4.36. The summed E-state index contributed by atoms with van der Waals surface area (Å²) in [5.74, 6) is 0. The van der Waals surface area contributed by atoms with Crippen molar-refractivity contribution in [1.82, 2.24) is 0 Å². The zero-order chi connectivity index (χ0) is 8.36. The third kappa shape index (κ3) is 10.4. The van der Waals surface area contributed by atoms with Crippen LogP contribution >= 0.6 is 0 Å². The number of hydrogen-bond donors (Lipinski definition) is 0. The molecule has 0 spiro atoms. The Bertz CT molecular complexity index is 114. The maximum atomic E-state index is 2.29. The van der Waals surface area contributed by atoms with Gasteiger partial charge >= 0.3 is 85.8 Å². The summed E-state index contributed by atoms with van der Waals surface area (Å²) in [6.07, 6.45) is 14.1. The van der Waals surface area contributed by atoms with Gasteiger partial charge in [0.2, 0.25) is 0 Å². The summed E-state index contributed by atoms with van der Waals surface area (Å²) in [6, 6.07) is 0. The van der Waals surface area contributed by atoms with E-state index in [-0.39, 0.29) is 0 Å². The molecule has 0 heterocycles. The Morgan fingerprint density at radius 1 is 1.09 bits per heavy atom. The molecule has 0 aromatic rings. The Morgan fingerprint density at radius 2 is 1.82 bits per heavy atom. The fraction of sp³-hybridized carbons (Fsp3) is 0.600. The summed E-state index contributed by atoms with van der Waals surface area (Å²) in [5.41, 5.74) is 0. The van der Waals surface area contributed by atoms with E-state index in [2.05, 4.69) is 31.2 Å². The topological polar surface area (TPSA) is 0 Å². The molecule has 0 bridgehead atoms. The van der Waals surface area contributed by atoms with Gasteiger partial charge in [-0.15, -0.1) is 0 Å². The Kier molecular flexibility index (Phi) is 10.7. The number of unbranched alkanes of at least 4 members (excludes halogenated alkanes) is 2. The quantitative estimate of drug-likeness (QED) is 0.481. The average Bonchev–Trinajstić information content (AvgIpc) is 2.03. The van der Waals surface area contributed by atoms with Crippen LogP contribution in [0.15, 0.2) is 24.3 Å². The van der Waals surface area contributed by atoms with Crippen molar-refractivity contribution in [2.45, 2.75) is 36.7 Å². The van der Waals surface area contributed by atoms with Crippen molar-refractivity contribution in [1.29, 1.82) is 0 Å². The zero-order valence-electron chi connectivity index (χ0n) is 7.34. The molecule has 0 aliphatic rings.